The summed E-state index contributed by atoms with van der Waals surface area (Å²) in [4.78, 5) is 39.6. The summed E-state index contributed by atoms with van der Waals surface area (Å²) in [7, 11) is -3.11. The highest BCUT2D eigenvalue weighted by atomic mass is 32.2. The first-order valence-electron chi connectivity index (χ1n) is 10.0. The highest BCUT2D eigenvalue weighted by Gasteiger charge is 2.30. The van der Waals surface area contributed by atoms with E-state index >= 15 is 0 Å². The van der Waals surface area contributed by atoms with Gasteiger partial charge >= 0.3 is 0 Å². The molecule has 1 aromatic heterocycles. The third-order valence-corrected chi connectivity index (χ3v) is 6.87. The van der Waals surface area contributed by atoms with Crippen molar-refractivity contribution in [1.82, 2.24) is 20.0 Å². The van der Waals surface area contributed by atoms with E-state index in [0.29, 0.717) is 30.2 Å². The van der Waals surface area contributed by atoms with Crippen LogP contribution in [0, 0.1) is 0 Å². The average Bonchev–Trinajstić information content (AvgIpc) is 3.06. The zero-order valence-electron chi connectivity index (χ0n) is 17.1. The van der Waals surface area contributed by atoms with Crippen molar-refractivity contribution < 1.29 is 18.0 Å². The van der Waals surface area contributed by atoms with Crippen LogP contribution >= 0.6 is 0 Å². The molecule has 0 spiro atoms. The molecule has 0 saturated carbocycles. The molecule has 1 saturated heterocycles. The molecule has 1 aliphatic rings. The monoisotopic (exact) mass is 434 g/mol. The van der Waals surface area contributed by atoms with Crippen molar-refractivity contribution in [1.29, 1.82) is 0 Å². The van der Waals surface area contributed by atoms with Crippen molar-refractivity contribution in [2.24, 2.45) is 0 Å². The van der Waals surface area contributed by atoms with Crippen LogP contribution < -0.4 is 10.9 Å². The fraction of sp³-hybridized carbons (Fsp3) is 0.500. The van der Waals surface area contributed by atoms with Gasteiger partial charge in [0.15, 0.2) is 15.5 Å². The molecule has 30 heavy (non-hydrogen) atoms. The third-order valence-electron chi connectivity index (χ3n) is 5.11. The maximum Gasteiger partial charge on any atom is 0.275 e. The van der Waals surface area contributed by atoms with Gasteiger partial charge in [-0.1, -0.05) is 25.1 Å². The number of hydrogen-bond acceptors (Lipinski definition) is 6. The van der Waals surface area contributed by atoms with Crippen LogP contribution in [-0.2, 0) is 21.2 Å². The lowest BCUT2D eigenvalue weighted by molar-refractivity contribution is -0.122. The number of carbonyl (C=O) groups is 2. The number of aryl methyl sites for hydroxylation is 1. The number of hydrogen-bond donors (Lipinski definition) is 1. The molecule has 1 fully saturated rings. The molecule has 1 atom stereocenters. The van der Waals surface area contributed by atoms with Crippen LogP contribution in [0.15, 0.2) is 29.1 Å². The van der Waals surface area contributed by atoms with E-state index in [0.717, 1.165) is 0 Å². The SMILES string of the molecule is CCCn1nc(C(=O)N(CC)CC(=O)NC2CCS(=O)(=O)C2)c2ccccc2c1=O. The Balaban J connectivity index is 1.85. The minimum atomic E-state index is -3.11. The van der Waals surface area contributed by atoms with Gasteiger partial charge in [-0.2, -0.15) is 5.10 Å². The van der Waals surface area contributed by atoms with Crippen molar-refractivity contribution in [2.45, 2.75) is 39.3 Å². The maximum absolute atomic E-state index is 13.2. The van der Waals surface area contributed by atoms with Gasteiger partial charge in [-0.3, -0.25) is 14.4 Å². The van der Waals surface area contributed by atoms with Crippen molar-refractivity contribution >= 4 is 32.4 Å². The summed E-state index contributed by atoms with van der Waals surface area (Å²) >= 11 is 0. The summed E-state index contributed by atoms with van der Waals surface area (Å²) in [5.74, 6) is -0.887. The second-order valence-electron chi connectivity index (χ2n) is 7.41. The van der Waals surface area contributed by atoms with E-state index in [-0.39, 0.29) is 35.8 Å². The minimum Gasteiger partial charge on any atom is -0.351 e. The van der Waals surface area contributed by atoms with Crippen LogP contribution in [-0.4, -0.2) is 65.5 Å². The Hall–Kier alpha value is -2.75. The average molecular weight is 435 g/mol. The van der Waals surface area contributed by atoms with Crippen LogP contribution in [0.4, 0.5) is 0 Å². The molecule has 1 unspecified atom stereocenters. The molecule has 1 aromatic carbocycles. The number of rotatable bonds is 7. The van der Waals surface area contributed by atoms with Crippen molar-refractivity contribution in [2.75, 3.05) is 24.6 Å². The minimum absolute atomic E-state index is 0.0588. The van der Waals surface area contributed by atoms with Gasteiger partial charge in [0.1, 0.15) is 0 Å². The van der Waals surface area contributed by atoms with E-state index in [9.17, 15) is 22.8 Å². The molecule has 10 heteroatoms. The Morgan fingerprint density at radius 2 is 1.93 bits per heavy atom. The van der Waals surface area contributed by atoms with Crippen LogP contribution in [0.5, 0.6) is 0 Å². The Morgan fingerprint density at radius 3 is 2.53 bits per heavy atom. The Kier molecular flexibility index (Phi) is 6.55. The van der Waals surface area contributed by atoms with E-state index in [4.69, 9.17) is 0 Å². The summed E-state index contributed by atoms with van der Waals surface area (Å²) in [6, 6.07) is 6.36. The van der Waals surface area contributed by atoms with E-state index < -0.39 is 27.7 Å². The third kappa shape index (κ3) is 4.69. The van der Waals surface area contributed by atoms with Gasteiger partial charge in [-0.15, -0.1) is 0 Å². The highest BCUT2D eigenvalue weighted by molar-refractivity contribution is 7.91. The van der Waals surface area contributed by atoms with Crippen molar-refractivity contribution in [3.63, 3.8) is 0 Å². The molecule has 0 bridgehead atoms. The predicted octanol–water partition coefficient (Wildman–Crippen LogP) is 0.572. The zero-order chi connectivity index (χ0) is 21.9. The first-order valence-corrected chi connectivity index (χ1v) is 11.9. The molecule has 2 heterocycles. The first kappa shape index (κ1) is 21.9. The molecular weight excluding hydrogens is 408 g/mol. The molecule has 3 rings (SSSR count). The van der Waals surface area contributed by atoms with Gasteiger partial charge in [0, 0.05) is 24.5 Å². The topological polar surface area (TPSA) is 118 Å². The number of aromatic nitrogens is 2. The number of amides is 2. The van der Waals surface area contributed by atoms with Crippen LogP contribution in [0.2, 0.25) is 0 Å². The summed E-state index contributed by atoms with van der Waals surface area (Å²) in [5, 5.41) is 7.84. The standard InChI is InChI=1S/C20H26N4O5S/c1-3-10-24-19(26)16-8-6-5-7-15(16)18(22-24)20(27)23(4-2)12-17(25)21-14-9-11-30(28,29)13-14/h5-8,14H,3-4,9-13H2,1-2H3,(H,21,25). The number of nitrogens with one attached hydrogen (secondary N) is 1. The quantitative estimate of drug-likeness (QED) is 0.681. The molecule has 0 radical (unpaired) electrons. The predicted molar refractivity (Wildman–Crippen MR) is 113 cm³/mol. The molecule has 2 aromatic rings. The molecule has 1 N–H and O–H groups in total. The lowest BCUT2D eigenvalue weighted by Gasteiger charge is -2.22. The van der Waals surface area contributed by atoms with Gasteiger partial charge in [-0.25, -0.2) is 13.1 Å². The van der Waals surface area contributed by atoms with Crippen molar-refractivity contribution in [3.8, 4) is 0 Å². The van der Waals surface area contributed by atoms with Crippen molar-refractivity contribution in [3.05, 3.63) is 40.3 Å². The number of fused-ring (bicyclic) bond motifs is 1. The fourth-order valence-electron chi connectivity index (χ4n) is 3.59. The van der Waals surface area contributed by atoms with Gasteiger partial charge in [0.2, 0.25) is 5.91 Å². The second kappa shape index (κ2) is 8.95. The van der Waals surface area contributed by atoms with E-state index in [1.807, 2.05) is 6.92 Å². The fourth-order valence-corrected chi connectivity index (χ4v) is 5.26. The van der Waals surface area contributed by atoms with Gasteiger partial charge in [0.05, 0.1) is 23.4 Å². The summed E-state index contributed by atoms with van der Waals surface area (Å²) in [6.45, 7) is 4.09. The molecule has 162 valence electrons. The number of benzene rings is 1. The highest BCUT2D eigenvalue weighted by Crippen LogP contribution is 2.16. The lowest BCUT2D eigenvalue weighted by Crippen LogP contribution is -2.45. The Bertz CT molecular complexity index is 1130. The van der Waals surface area contributed by atoms with Gasteiger partial charge < -0.3 is 10.2 Å². The Morgan fingerprint density at radius 1 is 1.23 bits per heavy atom. The zero-order valence-corrected chi connectivity index (χ0v) is 17.9. The molecule has 0 aliphatic carbocycles. The number of sulfone groups is 1. The van der Waals surface area contributed by atoms with Gasteiger partial charge in [-0.05, 0) is 25.8 Å². The molecular formula is C20H26N4O5S. The molecule has 2 amide bonds. The van der Waals surface area contributed by atoms with E-state index in [2.05, 4.69) is 10.4 Å². The molecule has 9 nitrogen and oxygen atoms in total. The summed E-state index contributed by atoms with van der Waals surface area (Å²) < 4.78 is 24.4. The van der Waals surface area contributed by atoms with E-state index in [1.165, 1.54) is 9.58 Å². The number of likely N-dealkylation sites (N-methyl/N-ethyl adjacent to an activating group) is 1. The van der Waals surface area contributed by atoms with Crippen LogP contribution in [0.1, 0.15) is 37.2 Å². The molecule has 1 aliphatic heterocycles. The smallest absolute Gasteiger partial charge is 0.275 e. The summed E-state index contributed by atoms with van der Waals surface area (Å²) in [6.07, 6.45) is 1.06. The largest absolute Gasteiger partial charge is 0.351 e. The second-order valence-corrected chi connectivity index (χ2v) is 9.64. The maximum atomic E-state index is 13.2. The van der Waals surface area contributed by atoms with Gasteiger partial charge in [0.25, 0.3) is 11.5 Å². The Labute approximate surface area is 175 Å². The lowest BCUT2D eigenvalue weighted by atomic mass is 10.1. The number of carbonyl (C=O) groups excluding carboxylic acids is 2. The van der Waals surface area contributed by atoms with Crippen LogP contribution in [0.25, 0.3) is 10.8 Å². The normalized spacial score (nSPS) is 17.7. The number of nitrogens with zero attached hydrogens (tertiary/aromatic N) is 3. The van der Waals surface area contributed by atoms with Crippen LogP contribution in [0.3, 0.4) is 0 Å². The summed E-state index contributed by atoms with van der Waals surface area (Å²) in [5.41, 5.74) is -0.135. The first-order chi connectivity index (χ1) is 14.3. The van der Waals surface area contributed by atoms with E-state index in [1.54, 1.807) is 31.2 Å².